The lowest BCUT2D eigenvalue weighted by Crippen LogP contribution is -2.38. The van der Waals surface area contributed by atoms with Crippen LogP contribution in [0.1, 0.15) is 39.4 Å². The molecule has 1 saturated carbocycles. The van der Waals surface area contributed by atoms with Crippen molar-refractivity contribution in [3.63, 3.8) is 0 Å². The van der Waals surface area contributed by atoms with Crippen molar-refractivity contribution in [1.82, 2.24) is 25.0 Å². The summed E-state index contributed by atoms with van der Waals surface area (Å²) in [5.74, 6) is -0.175. The summed E-state index contributed by atoms with van der Waals surface area (Å²) >= 11 is 0. The Morgan fingerprint density at radius 3 is 2.81 bits per heavy atom. The van der Waals surface area contributed by atoms with Crippen LogP contribution in [0, 0.1) is 0 Å². The van der Waals surface area contributed by atoms with Crippen LogP contribution in [0.3, 0.4) is 0 Å². The number of carbonyl (C=O) groups excluding carboxylic acids is 2. The van der Waals surface area contributed by atoms with Crippen LogP contribution in [-0.2, 0) is 13.1 Å². The highest BCUT2D eigenvalue weighted by molar-refractivity contribution is 6.05. The van der Waals surface area contributed by atoms with Crippen molar-refractivity contribution in [2.24, 2.45) is 0 Å². The van der Waals surface area contributed by atoms with Gasteiger partial charge in [0.05, 0.1) is 29.9 Å². The van der Waals surface area contributed by atoms with Gasteiger partial charge in [-0.3, -0.25) is 19.3 Å². The highest BCUT2D eigenvalue weighted by Crippen LogP contribution is 2.22. The van der Waals surface area contributed by atoms with E-state index in [4.69, 9.17) is 0 Å². The predicted molar refractivity (Wildman–Crippen MR) is 99.2 cm³/mol. The Morgan fingerprint density at radius 2 is 1.96 bits per heavy atom. The molecule has 0 radical (unpaired) electrons. The van der Waals surface area contributed by atoms with Crippen molar-refractivity contribution in [3.05, 3.63) is 59.5 Å². The summed E-state index contributed by atoms with van der Waals surface area (Å²) in [6.45, 7) is 1.57. The van der Waals surface area contributed by atoms with Crippen LogP contribution in [0.15, 0.2) is 42.6 Å². The average Bonchev–Trinajstić information content (AvgIpc) is 3.41. The minimum Gasteiger partial charge on any atom is -0.348 e. The Labute approximate surface area is 156 Å². The maximum Gasteiger partial charge on any atom is 0.272 e. The van der Waals surface area contributed by atoms with Crippen LogP contribution >= 0.6 is 0 Å². The molecule has 27 heavy (non-hydrogen) atoms. The van der Waals surface area contributed by atoms with Crippen molar-refractivity contribution in [3.8, 4) is 0 Å². The lowest BCUT2D eigenvalue weighted by atomic mass is 10.1. The van der Waals surface area contributed by atoms with Crippen LogP contribution in [0.5, 0.6) is 0 Å². The molecule has 136 valence electrons. The zero-order valence-corrected chi connectivity index (χ0v) is 14.8. The first kappa shape index (κ1) is 16.0. The van der Waals surface area contributed by atoms with Crippen molar-refractivity contribution >= 4 is 22.7 Å². The van der Waals surface area contributed by atoms with Gasteiger partial charge in [-0.25, -0.2) is 0 Å². The van der Waals surface area contributed by atoms with E-state index in [0.717, 1.165) is 23.9 Å². The van der Waals surface area contributed by atoms with Crippen molar-refractivity contribution in [1.29, 1.82) is 0 Å². The normalized spacial score (nSPS) is 16.2. The summed E-state index contributed by atoms with van der Waals surface area (Å²) in [6, 6.07) is 11.6. The van der Waals surface area contributed by atoms with Crippen molar-refractivity contribution in [2.45, 2.75) is 32.0 Å². The molecule has 3 heterocycles. The fraction of sp³-hybridized carbons (Fsp3) is 0.300. The SMILES string of the molecule is O=C(NC1CC1)c1cc2n(n1)CCN(C(=O)c1cccc3cccnc13)C2. The third-order valence-electron chi connectivity index (χ3n) is 5.09. The topological polar surface area (TPSA) is 80.1 Å². The molecular weight excluding hydrogens is 342 g/mol. The highest BCUT2D eigenvalue weighted by atomic mass is 16.2. The molecule has 2 aliphatic rings. The molecule has 1 fully saturated rings. The lowest BCUT2D eigenvalue weighted by molar-refractivity contribution is 0.0707. The number of carbonyl (C=O) groups is 2. The summed E-state index contributed by atoms with van der Waals surface area (Å²) in [5.41, 5.74) is 2.63. The van der Waals surface area contributed by atoms with E-state index in [1.54, 1.807) is 17.2 Å². The molecule has 0 unspecified atom stereocenters. The Balaban J connectivity index is 1.39. The summed E-state index contributed by atoms with van der Waals surface area (Å²) < 4.78 is 1.83. The van der Waals surface area contributed by atoms with E-state index >= 15 is 0 Å². The minimum absolute atomic E-state index is 0.0456. The largest absolute Gasteiger partial charge is 0.348 e. The number of amides is 2. The smallest absolute Gasteiger partial charge is 0.272 e. The molecule has 7 nitrogen and oxygen atoms in total. The maximum atomic E-state index is 13.1. The van der Waals surface area contributed by atoms with E-state index in [1.165, 1.54) is 0 Å². The Morgan fingerprint density at radius 1 is 1.11 bits per heavy atom. The molecule has 0 saturated heterocycles. The summed E-state index contributed by atoms with van der Waals surface area (Å²) in [7, 11) is 0. The number of hydrogen-bond donors (Lipinski definition) is 1. The first-order valence-corrected chi connectivity index (χ1v) is 9.19. The molecule has 5 rings (SSSR count). The number of benzene rings is 1. The zero-order chi connectivity index (χ0) is 18.4. The quantitative estimate of drug-likeness (QED) is 0.774. The maximum absolute atomic E-state index is 13.1. The standard InChI is InChI=1S/C20H19N5O2/c26-19(22-14-6-7-14)17-11-15-12-24(9-10-25(15)23-17)20(27)16-5-1-3-13-4-2-8-21-18(13)16/h1-5,8,11,14H,6-7,9-10,12H2,(H,22,26). The zero-order valence-electron chi connectivity index (χ0n) is 14.8. The number of hydrogen-bond acceptors (Lipinski definition) is 4. The van der Waals surface area contributed by atoms with Gasteiger partial charge in [-0.15, -0.1) is 0 Å². The van der Waals surface area contributed by atoms with Gasteiger partial charge < -0.3 is 10.2 Å². The van der Waals surface area contributed by atoms with Gasteiger partial charge in [0.1, 0.15) is 0 Å². The van der Waals surface area contributed by atoms with Crippen LogP contribution in [-0.4, -0.2) is 44.1 Å². The third-order valence-corrected chi connectivity index (χ3v) is 5.09. The molecule has 0 bridgehead atoms. The molecule has 0 spiro atoms. The number of rotatable bonds is 3. The number of para-hydroxylation sites is 1. The molecule has 3 aromatic rings. The molecule has 1 aliphatic carbocycles. The Kier molecular flexibility index (Phi) is 3.67. The first-order valence-electron chi connectivity index (χ1n) is 9.19. The third kappa shape index (κ3) is 2.95. The van der Waals surface area contributed by atoms with Gasteiger partial charge in [0.2, 0.25) is 0 Å². The van der Waals surface area contributed by atoms with Crippen LogP contribution in [0.25, 0.3) is 10.9 Å². The van der Waals surface area contributed by atoms with E-state index < -0.39 is 0 Å². The van der Waals surface area contributed by atoms with E-state index in [-0.39, 0.29) is 11.8 Å². The fourth-order valence-electron chi connectivity index (χ4n) is 3.48. The van der Waals surface area contributed by atoms with Crippen LogP contribution in [0.2, 0.25) is 0 Å². The van der Waals surface area contributed by atoms with Crippen LogP contribution < -0.4 is 5.32 Å². The molecule has 1 aromatic carbocycles. The molecule has 1 aliphatic heterocycles. The number of nitrogens with zero attached hydrogens (tertiary/aromatic N) is 4. The van der Waals surface area contributed by atoms with E-state index in [1.807, 2.05) is 35.0 Å². The van der Waals surface area contributed by atoms with Crippen LogP contribution in [0.4, 0.5) is 0 Å². The molecule has 2 aromatic heterocycles. The molecular formula is C20H19N5O2. The van der Waals surface area contributed by atoms with Gasteiger partial charge in [0.15, 0.2) is 5.69 Å². The monoisotopic (exact) mass is 361 g/mol. The van der Waals surface area contributed by atoms with Gasteiger partial charge in [-0.05, 0) is 31.0 Å². The van der Waals surface area contributed by atoms with E-state index in [2.05, 4.69) is 15.4 Å². The van der Waals surface area contributed by atoms with Gasteiger partial charge in [0, 0.05) is 24.2 Å². The summed E-state index contributed by atoms with van der Waals surface area (Å²) in [6.07, 6.45) is 3.79. The van der Waals surface area contributed by atoms with Crippen molar-refractivity contribution in [2.75, 3.05) is 6.54 Å². The molecule has 7 heteroatoms. The summed E-state index contributed by atoms with van der Waals surface area (Å²) in [5, 5.41) is 8.31. The molecule has 0 atom stereocenters. The lowest BCUT2D eigenvalue weighted by Gasteiger charge is -2.28. The highest BCUT2D eigenvalue weighted by Gasteiger charge is 2.28. The van der Waals surface area contributed by atoms with Gasteiger partial charge in [-0.2, -0.15) is 5.10 Å². The average molecular weight is 361 g/mol. The van der Waals surface area contributed by atoms with E-state index in [9.17, 15) is 9.59 Å². The second-order valence-electron chi connectivity index (χ2n) is 7.10. The fourth-order valence-corrected chi connectivity index (χ4v) is 3.48. The first-order chi connectivity index (χ1) is 13.2. The second-order valence-corrected chi connectivity index (χ2v) is 7.10. The predicted octanol–water partition coefficient (Wildman–Crippen LogP) is 1.98. The Hall–Kier alpha value is -3.22. The number of pyridine rings is 1. The Bertz CT molecular complexity index is 1050. The molecule has 1 N–H and O–H groups in total. The van der Waals surface area contributed by atoms with Gasteiger partial charge in [0.25, 0.3) is 11.8 Å². The summed E-state index contributed by atoms with van der Waals surface area (Å²) in [4.78, 5) is 31.5. The minimum atomic E-state index is -0.129. The number of fused-ring (bicyclic) bond motifs is 2. The van der Waals surface area contributed by atoms with Gasteiger partial charge in [-0.1, -0.05) is 18.2 Å². The molecule has 2 amide bonds. The number of aromatic nitrogens is 3. The van der Waals surface area contributed by atoms with E-state index in [0.29, 0.717) is 42.5 Å². The van der Waals surface area contributed by atoms with Crippen molar-refractivity contribution < 1.29 is 9.59 Å². The number of nitrogens with one attached hydrogen (secondary N) is 1. The second kappa shape index (κ2) is 6.19. The van der Waals surface area contributed by atoms with Gasteiger partial charge >= 0.3 is 0 Å².